The second-order valence-electron chi connectivity index (χ2n) is 7.15. The summed E-state index contributed by atoms with van der Waals surface area (Å²) in [6.07, 6.45) is 1.55. The molecule has 0 aromatic heterocycles. The molecule has 7 heteroatoms. The Kier molecular flexibility index (Phi) is 6.05. The van der Waals surface area contributed by atoms with Gasteiger partial charge in [0.25, 0.3) is 0 Å². The van der Waals surface area contributed by atoms with Crippen LogP contribution in [-0.2, 0) is 27.9 Å². The van der Waals surface area contributed by atoms with E-state index in [1.165, 1.54) is 0 Å². The van der Waals surface area contributed by atoms with E-state index in [2.05, 4.69) is 4.72 Å². The van der Waals surface area contributed by atoms with E-state index in [0.29, 0.717) is 29.8 Å². The molecule has 1 aliphatic rings. The topological polar surface area (TPSA) is 75.7 Å². The molecule has 0 spiro atoms. The summed E-state index contributed by atoms with van der Waals surface area (Å²) in [6, 6.07) is 11.1. The van der Waals surface area contributed by atoms with Crippen LogP contribution in [0, 0.1) is 13.8 Å². The minimum absolute atomic E-state index is 0.196. The number of benzene rings is 2. The maximum absolute atomic E-state index is 12.8. The molecule has 1 heterocycles. The largest absolute Gasteiger partial charge is 0.497 e. The van der Waals surface area contributed by atoms with E-state index in [1.807, 2.05) is 29.2 Å². The van der Waals surface area contributed by atoms with Crippen LogP contribution >= 0.6 is 0 Å². The SMILES string of the molecule is COc1cc(C)c(S(=O)(=O)NCc2ccc(CN3CCCC3=O)cc2)c(C)c1. The maximum Gasteiger partial charge on any atom is 0.241 e. The lowest BCUT2D eigenvalue weighted by Crippen LogP contribution is -2.25. The predicted molar refractivity (Wildman–Crippen MR) is 108 cm³/mol. The number of nitrogens with one attached hydrogen (secondary N) is 1. The first-order valence-electron chi connectivity index (χ1n) is 9.30. The number of methoxy groups -OCH3 is 1. The van der Waals surface area contributed by atoms with Gasteiger partial charge in [0.1, 0.15) is 5.75 Å². The highest BCUT2D eigenvalue weighted by molar-refractivity contribution is 7.89. The van der Waals surface area contributed by atoms with E-state index in [4.69, 9.17) is 4.74 Å². The molecule has 6 nitrogen and oxygen atoms in total. The van der Waals surface area contributed by atoms with Crippen molar-refractivity contribution < 1.29 is 17.9 Å². The third-order valence-electron chi connectivity index (χ3n) is 4.97. The standard InChI is InChI=1S/C21H26N2O4S/c1-15-11-19(27-3)12-16(2)21(15)28(25,26)22-13-17-6-8-18(9-7-17)14-23-10-4-5-20(23)24/h6-9,11-12,22H,4-5,10,13-14H2,1-3H3. The van der Waals surface area contributed by atoms with Crippen molar-refractivity contribution in [2.24, 2.45) is 0 Å². The molecule has 2 aromatic carbocycles. The highest BCUT2D eigenvalue weighted by Crippen LogP contribution is 2.25. The van der Waals surface area contributed by atoms with Crippen molar-refractivity contribution in [1.82, 2.24) is 9.62 Å². The van der Waals surface area contributed by atoms with Crippen LogP contribution in [0.2, 0.25) is 0 Å². The van der Waals surface area contributed by atoms with E-state index < -0.39 is 10.0 Å². The number of hydrogen-bond acceptors (Lipinski definition) is 4. The van der Waals surface area contributed by atoms with Crippen molar-refractivity contribution in [2.45, 2.75) is 44.7 Å². The van der Waals surface area contributed by atoms with Crippen LogP contribution in [0.15, 0.2) is 41.3 Å². The van der Waals surface area contributed by atoms with Gasteiger partial charge in [0.15, 0.2) is 0 Å². The lowest BCUT2D eigenvalue weighted by atomic mass is 10.1. The van der Waals surface area contributed by atoms with Crippen LogP contribution in [0.5, 0.6) is 5.75 Å². The highest BCUT2D eigenvalue weighted by Gasteiger charge is 2.21. The van der Waals surface area contributed by atoms with Crippen molar-refractivity contribution in [3.8, 4) is 5.75 Å². The second kappa shape index (κ2) is 8.32. The third-order valence-corrected chi connectivity index (χ3v) is 6.68. The van der Waals surface area contributed by atoms with Gasteiger partial charge in [-0.25, -0.2) is 13.1 Å². The van der Waals surface area contributed by atoms with E-state index in [9.17, 15) is 13.2 Å². The summed E-state index contributed by atoms with van der Waals surface area (Å²) in [5, 5.41) is 0. The number of amides is 1. The van der Waals surface area contributed by atoms with Crippen molar-refractivity contribution in [3.05, 3.63) is 58.7 Å². The zero-order valence-corrected chi connectivity index (χ0v) is 17.3. The second-order valence-corrected chi connectivity index (χ2v) is 8.85. The highest BCUT2D eigenvalue weighted by atomic mass is 32.2. The van der Waals surface area contributed by atoms with Crippen LogP contribution in [0.3, 0.4) is 0 Å². The van der Waals surface area contributed by atoms with Crippen molar-refractivity contribution >= 4 is 15.9 Å². The molecule has 150 valence electrons. The molecular formula is C21H26N2O4S. The molecule has 0 bridgehead atoms. The molecule has 0 saturated carbocycles. The van der Waals surface area contributed by atoms with Crippen LogP contribution in [-0.4, -0.2) is 32.9 Å². The molecule has 1 amide bonds. The lowest BCUT2D eigenvalue weighted by molar-refractivity contribution is -0.128. The van der Waals surface area contributed by atoms with Gasteiger partial charge in [-0.05, 0) is 54.7 Å². The molecule has 2 aromatic rings. The number of hydrogen-bond donors (Lipinski definition) is 1. The first-order chi connectivity index (χ1) is 13.3. The van der Waals surface area contributed by atoms with Gasteiger partial charge < -0.3 is 9.64 Å². The molecule has 1 N–H and O–H groups in total. The Balaban J connectivity index is 1.67. The molecule has 1 saturated heterocycles. The first kappa shape index (κ1) is 20.4. The summed E-state index contributed by atoms with van der Waals surface area (Å²) < 4.78 is 33.4. The van der Waals surface area contributed by atoms with E-state index in [-0.39, 0.29) is 17.3 Å². The van der Waals surface area contributed by atoms with E-state index in [1.54, 1.807) is 33.1 Å². The fourth-order valence-electron chi connectivity index (χ4n) is 3.56. The summed E-state index contributed by atoms with van der Waals surface area (Å²) >= 11 is 0. The van der Waals surface area contributed by atoms with E-state index in [0.717, 1.165) is 24.1 Å². The number of likely N-dealkylation sites (tertiary alicyclic amines) is 1. The molecule has 28 heavy (non-hydrogen) atoms. The minimum atomic E-state index is -3.64. The Morgan fingerprint density at radius 1 is 1.07 bits per heavy atom. The van der Waals surface area contributed by atoms with Gasteiger partial charge in [-0.2, -0.15) is 0 Å². The normalized spacial score (nSPS) is 14.5. The molecule has 0 radical (unpaired) electrons. The van der Waals surface area contributed by atoms with Crippen LogP contribution < -0.4 is 9.46 Å². The van der Waals surface area contributed by atoms with Gasteiger partial charge in [0, 0.05) is 26.1 Å². The summed E-state index contributed by atoms with van der Waals surface area (Å²) in [5.74, 6) is 0.836. The molecule has 0 aliphatic carbocycles. The monoisotopic (exact) mass is 402 g/mol. The van der Waals surface area contributed by atoms with Gasteiger partial charge in [-0.15, -0.1) is 0 Å². The number of sulfonamides is 1. The van der Waals surface area contributed by atoms with Gasteiger partial charge >= 0.3 is 0 Å². The van der Waals surface area contributed by atoms with Gasteiger partial charge in [-0.1, -0.05) is 24.3 Å². The summed E-state index contributed by atoms with van der Waals surface area (Å²) in [7, 11) is -2.08. The molecule has 0 atom stereocenters. The average Bonchev–Trinajstić information content (AvgIpc) is 3.05. The summed E-state index contributed by atoms with van der Waals surface area (Å²) in [5.41, 5.74) is 3.21. The van der Waals surface area contributed by atoms with Crippen molar-refractivity contribution in [1.29, 1.82) is 0 Å². The van der Waals surface area contributed by atoms with E-state index >= 15 is 0 Å². The van der Waals surface area contributed by atoms with Crippen LogP contribution in [0.25, 0.3) is 0 Å². The van der Waals surface area contributed by atoms with Gasteiger partial charge in [0.2, 0.25) is 15.9 Å². The molecular weight excluding hydrogens is 376 g/mol. The number of carbonyl (C=O) groups excluding carboxylic acids is 1. The van der Waals surface area contributed by atoms with Crippen LogP contribution in [0.4, 0.5) is 0 Å². The quantitative estimate of drug-likeness (QED) is 0.773. The van der Waals surface area contributed by atoms with Crippen LogP contribution in [0.1, 0.15) is 35.1 Å². The molecule has 0 unspecified atom stereocenters. The number of carbonyl (C=O) groups is 1. The zero-order valence-electron chi connectivity index (χ0n) is 16.5. The first-order valence-corrected chi connectivity index (χ1v) is 10.8. The van der Waals surface area contributed by atoms with Gasteiger partial charge in [0.05, 0.1) is 12.0 Å². The smallest absolute Gasteiger partial charge is 0.241 e. The fourth-order valence-corrected chi connectivity index (χ4v) is 5.02. The predicted octanol–water partition coefficient (Wildman–Crippen LogP) is 2.91. The molecule has 3 rings (SSSR count). The number of aryl methyl sites for hydroxylation is 2. The van der Waals surface area contributed by atoms with Gasteiger partial charge in [-0.3, -0.25) is 4.79 Å². The lowest BCUT2D eigenvalue weighted by Gasteiger charge is -2.16. The Labute approximate surface area is 166 Å². The Bertz CT molecular complexity index is 945. The van der Waals surface area contributed by atoms with Crippen molar-refractivity contribution in [3.63, 3.8) is 0 Å². The van der Waals surface area contributed by atoms with Crippen molar-refractivity contribution in [2.75, 3.05) is 13.7 Å². The fraction of sp³-hybridized carbons (Fsp3) is 0.381. The minimum Gasteiger partial charge on any atom is -0.497 e. The third kappa shape index (κ3) is 4.54. The Morgan fingerprint density at radius 3 is 2.21 bits per heavy atom. The molecule has 1 fully saturated rings. The zero-order chi connectivity index (χ0) is 20.3. The number of nitrogens with zero attached hydrogens (tertiary/aromatic N) is 1. The number of ether oxygens (including phenoxy) is 1. The Morgan fingerprint density at radius 2 is 1.68 bits per heavy atom. The number of rotatable bonds is 7. The Hall–Kier alpha value is -2.38. The summed E-state index contributed by atoms with van der Waals surface area (Å²) in [6.45, 7) is 5.14. The molecule has 1 aliphatic heterocycles. The summed E-state index contributed by atoms with van der Waals surface area (Å²) in [4.78, 5) is 13.9. The maximum atomic E-state index is 12.8. The average molecular weight is 403 g/mol.